The molecule has 2 N–H and O–H groups in total. The fourth-order valence-corrected chi connectivity index (χ4v) is 3.60. The van der Waals surface area contributed by atoms with E-state index >= 15 is 0 Å². The molecule has 1 amide bonds. The number of rotatable bonds is 5. The van der Waals surface area contributed by atoms with Crippen molar-refractivity contribution >= 4 is 29.2 Å². The van der Waals surface area contributed by atoms with Gasteiger partial charge in [0.1, 0.15) is 0 Å². The first-order valence-corrected chi connectivity index (χ1v) is 8.92. The van der Waals surface area contributed by atoms with Gasteiger partial charge in [0.05, 0.1) is 6.04 Å². The van der Waals surface area contributed by atoms with E-state index in [2.05, 4.69) is 46.7 Å². The first-order valence-electron chi connectivity index (χ1n) is 8.92. The maximum atomic E-state index is 12.9. The van der Waals surface area contributed by atoms with Gasteiger partial charge in [0.2, 0.25) is 5.91 Å². The molecule has 1 unspecified atom stereocenters. The van der Waals surface area contributed by atoms with Crippen LogP contribution in [0.25, 0.3) is 10.9 Å². The summed E-state index contributed by atoms with van der Waals surface area (Å²) in [5, 5.41) is 4.60. The van der Waals surface area contributed by atoms with E-state index in [-0.39, 0.29) is 24.4 Å². The van der Waals surface area contributed by atoms with Crippen molar-refractivity contribution in [1.82, 2.24) is 15.2 Å². The highest BCUT2D eigenvalue weighted by molar-refractivity contribution is 5.86. The number of carbonyl (C=O) groups is 1. The molecule has 1 atom stereocenters. The Balaban J connectivity index is 0.00000196. The van der Waals surface area contributed by atoms with Crippen LogP contribution < -0.4 is 5.32 Å². The molecule has 26 heavy (non-hydrogen) atoms. The summed E-state index contributed by atoms with van der Waals surface area (Å²) >= 11 is 0. The number of carbonyl (C=O) groups excluding carboxylic acids is 1. The molecule has 1 fully saturated rings. The van der Waals surface area contributed by atoms with Gasteiger partial charge in [-0.05, 0) is 30.0 Å². The number of nitrogens with zero attached hydrogens (tertiary/aromatic N) is 1. The predicted molar refractivity (Wildman–Crippen MR) is 108 cm³/mol. The van der Waals surface area contributed by atoms with E-state index in [0.717, 1.165) is 38.0 Å². The lowest BCUT2D eigenvalue weighted by Crippen LogP contribution is -2.56. The average Bonchev–Trinajstić information content (AvgIpc) is 3.06. The van der Waals surface area contributed by atoms with Crippen LogP contribution in [0.4, 0.5) is 0 Å². The quantitative estimate of drug-likeness (QED) is 0.725. The Bertz CT molecular complexity index is 862. The molecule has 0 spiro atoms. The normalized spacial score (nSPS) is 17.3. The molecule has 2 aromatic carbocycles. The zero-order valence-electron chi connectivity index (χ0n) is 14.7. The zero-order valence-corrected chi connectivity index (χ0v) is 15.5. The van der Waals surface area contributed by atoms with Crippen LogP contribution in [0.2, 0.25) is 0 Å². The second kappa shape index (κ2) is 8.39. The van der Waals surface area contributed by atoms with Gasteiger partial charge in [-0.25, -0.2) is 0 Å². The molecule has 1 aliphatic rings. The first kappa shape index (κ1) is 18.5. The van der Waals surface area contributed by atoms with Gasteiger partial charge in [0.25, 0.3) is 0 Å². The van der Waals surface area contributed by atoms with Crippen molar-refractivity contribution in [3.8, 4) is 0 Å². The van der Waals surface area contributed by atoms with Gasteiger partial charge >= 0.3 is 0 Å². The second-order valence-electron chi connectivity index (χ2n) is 6.63. The molecule has 0 saturated carbocycles. The third kappa shape index (κ3) is 3.92. The minimum Gasteiger partial charge on any atom is -0.361 e. The van der Waals surface area contributed by atoms with Gasteiger partial charge < -0.3 is 15.2 Å². The SMILES string of the molecule is Cl.O=C1C(Cc2c[nH]c3ccccc23)NCCN1CCc1ccccc1. The zero-order chi connectivity index (χ0) is 17.1. The Labute approximate surface area is 160 Å². The molecule has 2 heterocycles. The maximum Gasteiger partial charge on any atom is 0.240 e. The number of piperazine rings is 1. The summed E-state index contributed by atoms with van der Waals surface area (Å²) in [7, 11) is 0. The van der Waals surface area contributed by atoms with Gasteiger partial charge in [-0.15, -0.1) is 12.4 Å². The van der Waals surface area contributed by atoms with Crippen LogP contribution >= 0.6 is 12.4 Å². The van der Waals surface area contributed by atoms with E-state index < -0.39 is 0 Å². The summed E-state index contributed by atoms with van der Waals surface area (Å²) in [5.74, 6) is 0.215. The Morgan fingerprint density at radius 3 is 2.65 bits per heavy atom. The Morgan fingerprint density at radius 1 is 1.04 bits per heavy atom. The average molecular weight is 370 g/mol. The number of nitrogens with one attached hydrogen (secondary N) is 2. The maximum absolute atomic E-state index is 12.9. The lowest BCUT2D eigenvalue weighted by Gasteiger charge is -2.33. The monoisotopic (exact) mass is 369 g/mol. The van der Waals surface area contributed by atoms with Crippen molar-refractivity contribution in [2.75, 3.05) is 19.6 Å². The third-order valence-electron chi connectivity index (χ3n) is 4.99. The van der Waals surface area contributed by atoms with Crippen molar-refractivity contribution < 1.29 is 4.79 Å². The Morgan fingerprint density at radius 2 is 1.81 bits per heavy atom. The van der Waals surface area contributed by atoms with E-state index in [1.807, 2.05) is 29.3 Å². The van der Waals surface area contributed by atoms with Crippen LogP contribution in [0.15, 0.2) is 60.8 Å². The van der Waals surface area contributed by atoms with Crippen molar-refractivity contribution in [2.45, 2.75) is 18.9 Å². The summed E-state index contributed by atoms with van der Waals surface area (Å²) in [6.45, 7) is 2.43. The molecule has 0 radical (unpaired) electrons. The highest BCUT2D eigenvalue weighted by Gasteiger charge is 2.28. The van der Waals surface area contributed by atoms with Crippen molar-refractivity contribution in [3.63, 3.8) is 0 Å². The van der Waals surface area contributed by atoms with E-state index in [1.165, 1.54) is 16.5 Å². The van der Waals surface area contributed by atoms with Crippen LogP contribution in [-0.4, -0.2) is 41.5 Å². The highest BCUT2D eigenvalue weighted by atomic mass is 35.5. The van der Waals surface area contributed by atoms with Crippen molar-refractivity contribution in [2.24, 2.45) is 0 Å². The number of fused-ring (bicyclic) bond motifs is 1. The van der Waals surface area contributed by atoms with Crippen LogP contribution in [0, 0.1) is 0 Å². The molecule has 1 aromatic heterocycles. The molecule has 136 valence electrons. The number of halogens is 1. The standard InChI is InChI=1S/C21H23N3O.ClH/c25-21-20(14-17-15-23-19-9-5-4-8-18(17)19)22-11-13-24(21)12-10-16-6-2-1-3-7-16;/h1-9,15,20,22-23H,10-14H2;1H. The van der Waals surface area contributed by atoms with Gasteiger partial charge in [-0.2, -0.15) is 0 Å². The second-order valence-corrected chi connectivity index (χ2v) is 6.63. The Kier molecular flexibility index (Phi) is 5.96. The largest absolute Gasteiger partial charge is 0.361 e. The van der Waals surface area contributed by atoms with Crippen LogP contribution in [0.1, 0.15) is 11.1 Å². The molecule has 4 nitrogen and oxygen atoms in total. The molecule has 1 aliphatic heterocycles. The van der Waals surface area contributed by atoms with Gasteiger partial charge in [-0.3, -0.25) is 4.79 Å². The molecule has 0 bridgehead atoms. The number of hydrogen-bond acceptors (Lipinski definition) is 2. The summed E-state index contributed by atoms with van der Waals surface area (Å²) in [6.07, 6.45) is 3.67. The third-order valence-corrected chi connectivity index (χ3v) is 4.99. The number of benzene rings is 2. The van der Waals surface area contributed by atoms with E-state index in [0.29, 0.717) is 0 Å². The fourth-order valence-electron chi connectivity index (χ4n) is 3.60. The summed E-state index contributed by atoms with van der Waals surface area (Å²) in [5.41, 5.74) is 3.61. The number of aromatic nitrogens is 1. The van der Waals surface area contributed by atoms with E-state index in [1.54, 1.807) is 0 Å². The number of amides is 1. The van der Waals surface area contributed by atoms with Gasteiger partial charge in [0, 0.05) is 36.7 Å². The first-order chi connectivity index (χ1) is 12.3. The number of hydrogen-bond donors (Lipinski definition) is 2. The Hall–Kier alpha value is -2.30. The fraction of sp³-hybridized carbons (Fsp3) is 0.286. The number of H-pyrrole nitrogens is 1. The van der Waals surface area contributed by atoms with Crippen LogP contribution in [-0.2, 0) is 17.6 Å². The van der Waals surface area contributed by atoms with Crippen LogP contribution in [0.3, 0.4) is 0 Å². The molecular weight excluding hydrogens is 346 g/mol. The minimum atomic E-state index is -0.135. The van der Waals surface area contributed by atoms with Crippen molar-refractivity contribution in [1.29, 1.82) is 0 Å². The summed E-state index contributed by atoms with van der Waals surface area (Å²) in [4.78, 5) is 18.2. The topological polar surface area (TPSA) is 48.1 Å². The lowest BCUT2D eigenvalue weighted by molar-refractivity contribution is -0.135. The van der Waals surface area contributed by atoms with E-state index in [9.17, 15) is 4.79 Å². The predicted octanol–water partition coefficient (Wildman–Crippen LogP) is 3.18. The van der Waals surface area contributed by atoms with Gasteiger partial charge in [0.15, 0.2) is 0 Å². The van der Waals surface area contributed by atoms with Crippen molar-refractivity contribution in [3.05, 3.63) is 71.9 Å². The minimum absolute atomic E-state index is 0. The number of aromatic amines is 1. The molecule has 3 aromatic rings. The molecule has 1 saturated heterocycles. The number of para-hydroxylation sites is 1. The van der Waals surface area contributed by atoms with E-state index in [4.69, 9.17) is 0 Å². The lowest BCUT2D eigenvalue weighted by atomic mass is 10.0. The smallest absolute Gasteiger partial charge is 0.240 e. The molecule has 0 aliphatic carbocycles. The van der Waals surface area contributed by atoms with Gasteiger partial charge in [-0.1, -0.05) is 48.5 Å². The summed E-state index contributed by atoms with van der Waals surface area (Å²) in [6, 6.07) is 18.5. The highest BCUT2D eigenvalue weighted by Crippen LogP contribution is 2.20. The molecular formula is C21H24ClN3O. The molecule has 5 heteroatoms. The van der Waals surface area contributed by atoms with Crippen LogP contribution in [0.5, 0.6) is 0 Å². The molecule has 4 rings (SSSR count). The summed E-state index contributed by atoms with van der Waals surface area (Å²) < 4.78 is 0.